The number of pyridine rings is 1. The SMILES string of the molecule is CC.CN(N)/C(CNC(=O)c1cnn2ccc(N3CCCC3)cc12)=N\N.Fc1ccc(F)cc1. The van der Waals surface area contributed by atoms with Crippen molar-refractivity contribution in [1.29, 1.82) is 0 Å². The number of hydrogen-bond acceptors (Lipinski definition) is 6. The molecule has 4 rings (SSSR count). The van der Waals surface area contributed by atoms with Gasteiger partial charge in [0.25, 0.3) is 5.91 Å². The predicted molar refractivity (Wildman–Crippen MR) is 130 cm³/mol. The van der Waals surface area contributed by atoms with Crippen LogP contribution in [0.1, 0.15) is 37.0 Å². The molecule has 0 atom stereocenters. The summed E-state index contributed by atoms with van der Waals surface area (Å²) in [4.78, 5) is 14.8. The normalized spacial score (nSPS) is 13.0. The molecule has 0 radical (unpaired) electrons. The number of rotatable bonds is 4. The zero-order chi connectivity index (χ0) is 25.1. The molecule has 9 nitrogen and oxygen atoms in total. The van der Waals surface area contributed by atoms with E-state index in [0.717, 1.165) is 48.6 Å². The zero-order valence-corrected chi connectivity index (χ0v) is 19.7. The predicted octanol–water partition coefficient (Wildman–Crippen LogP) is 2.73. The summed E-state index contributed by atoms with van der Waals surface area (Å²) in [7, 11) is 1.61. The van der Waals surface area contributed by atoms with Gasteiger partial charge in [0.2, 0.25) is 0 Å². The van der Waals surface area contributed by atoms with E-state index in [2.05, 4.69) is 20.4 Å². The molecule has 0 spiro atoms. The number of hydrazone groups is 1. The fourth-order valence-electron chi connectivity index (χ4n) is 3.26. The topological polar surface area (TPSA) is 117 Å². The Labute approximate surface area is 198 Å². The van der Waals surface area contributed by atoms with E-state index in [-0.39, 0.29) is 12.5 Å². The van der Waals surface area contributed by atoms with E-state index < -0.39 is 11.6 Å². The van der Waals surface area contributed by atoms with Crippen molar-refractivity contribution in [3.8, 4) is 0 Å². The van der Waals surface area contributed by atoms with Gasteiger partial charge < -0.3 is 16.1 Å². The van der Waals surface area contributed by atoms with Crippen molar-refractivity contribution in [2.75, 3.05) is 31.6 Å². The molecule has 0 saturated carbocycles. The number of halogens is 2. The first-order valence-electron chi connectivity index (χ1n) is 11.1. The van der Waals surface area contributed by atoms with E-state index >= 15 is 0 Å². The van der Waals surface area contributed by atoms with Crippen molar-refractivity contribution >= 4 is 22.9 Å². The summed E-state index contributed by atoms with van der Waals surface area (Å²) in [6.45, 7) is 6.24. The summed E-state index contributed by atoms with van der Waals surface area (Å²) in [5, 5.41) is 11.8. The molecule has 1 aromatic carbocycles. The van der Waals surface area contributed by atoms with Crippen LogP contribution in [0.15, 0.2) is 53.9 Å². The Balaban J connectivity index is 0.000000343. The quantitative estimate of drug-likeness (QED) is 0.232. The average Bonchev–Trinajstić information content (AvgIpc) is 3.52. The van der Waals surface area contributed by atoms with E-state index in [4.69, 9.17) is 11.7 Å². The molecule has 11 heteroatoms. The maximum absolute atomic E-state index is 12.5. The van der Waals surface area contributed by atoms with Crippen molar-refractivity contribution in [2.24, 2.45) is 16.8 Å². The number of nitrogens with two attached hydrogens (primary N) is 2. The minimum absolute atomic E-state index is 0.144. The van der Waals surface area contributed by atoms with Gasteiger partial charge in [-0.1, -0.05) is 13.8 Å². The smallest absolute Gasteiger partial charge is 0.255 e. The van der Waals surface area contributed by atoms with E-state index in [1.165, 1.54) is 17.9 Å². The number of nitrogens with one attached hydrogen (secondary N) is 1. The molecular formula is C23H32F2N8O. The van der Waals surface area contributed by atoms with Gasteiger partial charge in [-0.05, 0) is 49.2 Å². The number of anilines is 1. The summed E-state index contributed by atoms with van der Waals surface area (Å²) in [6, 6.07) is 8.34. The lowest BCUT2D eigenvalue weighted by atomic mass is 10.2. The fourth-order valence-corrected chi connectivity index (χ4v) is 3.26. The van der Waals surface area contributed by atoms with Gasteiger partial charge in [-0.2, -0.15) is 10.2 Å². The molecule has 3 heterocycles. The van der Waals surface area contributed by atoms with Crippen LogP contribution in [0.3, 0.4) is 0 Å². The number of fused-ring (bicyclic) bond motifs is 1. The number of amides is 1. The molecule has 1 saturated heterocycles. The lowest BCUT2D eigenvalue weighted by Crippen LogP contribution is -2.42. The summed E-state index contributed by atoms with van der Waals surface area (Å²) < 4.78 is 25.5. The third kappa shape index (κ3) is 7.14. The second-order valence-electron chi connectivity index (χ2n) is 7.24. The zero-order valence-electron chi connectivity index (χ0n) is 19.7. The third-order valence-corrected chi connectivity index (χ3v) is 4.99. The Hall–Kier alpha value is -3.73. The molecule has 184 valence electrons. The Kier molecular flexibility index (Phi) is 10.2. The van der Waals surface area contributed by atoms with E-state index in [0.29, 0.717) is 11.4 Å². The monoisotopic (exact) mass is 474 g/mol. The second kappa shape index (κ2) is 13.1. The largest absolute Gasteiger partial charge is 0.371 e. The highest BCUT2D eigenvalue weighted by Gasteiger charge is 2.17. The van der Waals surface area contributed by atoms with E-state index in [1.54, 1.807) is 17.8 Å². The van der Waals surface area contributed by atoms with Gasteiger partial charge >= 0.3 is 0 Å². The Morgan fingerprint density at radius 1 is 1.15 bits per heavy atom. The summed E-state index contributed by atoms with van der Waals surface area (Å²) in [6.07, 6.45) is 5.83. The maximum atomic E-state index is 12.5. The van der Waals surface area contributed by atoms with Crippen LogP contribution in [0.25, 0.3) is 5.52 Å². The van der Waals surface area contributed by atoms with Crippen molar-refractivity contribution in [3.63, 3.8) is 0 Å². The minimum atomic E-state index is -0.411. The lowest BCUT2D eigenvalue weighted by molar-refractivity contribution is 0.0960. The van der Waals surface area contributed by atoms with Gasteiger partial charge in [0, 0.05) is 32.0 Å². The number of amidine groups is 1. The number of carbonyl (C=O) groups excluding carboxylic acids is 1. The first-order valence-corrected chi connectivity index (χ1v) is 11.1. The number of carbonyl (C=O) groups is 1. The van der Waals surface area contributed by atoms with E-state index in [9.17, 15) is 13.6 Å². The molecule has 34 heavy (non-hydrogen) atoms. The number of hydrazine groups is 1. The summed E-state index contributed by atoms with van der Waals surface area (Å²) in [5.74, 6) is 10.1. The molecule has 1 fully saturated rings. The molecule has 5 N–H and O–H groups in total. The summed E-state index contributed by atoms with van der Waals surface area (Å²) >= 11 is 0. The number of nitrogens with zero attached hydrogens (tertiary/aromatic N) is 5. The van der Waals surface area contributed by atoms with Crippen molar-refractivity contribution in [1.82, 2.24) is 19.9 Å². The average molecular weight is 475 g/mol. The standard InChI is InChI=1S/C15H22N8O.C6H4F2.C2H6/c1-21(17)14(20-16)10-18-15(24)12-9-19-23-7-4-11(8-13(12)23)22-5-2-3-6-22;7-5-1-2-6(8)4-3-5;1-2/h4,7-9H,2-3,5-6,10,16-17H2,1H3,(H,18,24);1-4H;1-2H3/b20-14-;;. The van der Waals surface area contributed by atoms with Crippen LogP contribution in [-0.2, 0) is 0 Å². The Bertz CT molecular complexity index is 1060. The first kappa shape index (κ1) is 26.5. The highest BCUT2D eigenvalue weighted by Crippen LogP contribution is 2.23. The van der Waals surface area contributed by atoms with Crippen LogP contribution < -0.4 is 21.9 Å². The van der Waals surface area contributed by atoms with Crippen LogP contribution in [0, 0.1) is 11.6 Å². The van der Waals surface area contributed by atoms with E-state index in [1.807, 2.05) is 32.2 Å². The molecule has 2 aromatic heterocycles. The first-order chi connectivity index (χ1) is 16.4. The lowest BCUT2D eigenvalue weighted by Gasteiger charge is -2.17. The molecule has 0 unspecified atom stereocenters. The summed E-state index contributed by atoms with van der Waals surface area (Å²) in [5.41, 5.74) is 2.39. The van der Waals surface area contributed by atoms with Gasteiger partial charge in [-0.15, -0.1) is 0 Å². The number of likely N-dealkylation sites (N-methyl/N-ethyl adjacent to an activating group) is 1. The highest BCUT2D eigenvalue weighted by molar-refractivity contribution is 6.02. The van der Waals surface area contributed by atoms with Gasteiger partial charge in [-0.3, -0.25) is 9.80 Å². The Morgan fingerprint density at radius 2 is 1.74 bits per heavy atom. The second-order valence-corrected chi connectivity index (χ2v) is 7.24. The van der Waals surface area contributed by atoms with Crippen LogP contribution in [0.4, 0.5) is 14.5 Å². The minimum Gasteiger partial charge on any atom is -0.371 e. The van der Waals surface area contributed by atoms with Crippen LogP contribution in [0.5, 0.6) is 0 Å². The van der Waals surface area contributed by atoms with Crippen molar-refractivity contribution in [2.45, 2.75) is 26.7 Å². The highest BCUT2D eigenvalue weighted by atomic mass is 19.1. The molecule has 1 aliphatic heterocycles. The van der Waals surface area contributed by atoms with Crippen LogP contribution in [-0.4, -0.2) is 53.0 Å². The molecule has 1 aliphatic rings. The number of aromatic nitrogens is 2. The molecule has 1 amide bonds. The number of benzene rings is 1. The van der Waals surface area contributed by atoms with Gasteiger partial charge in [-0.25, -0.2) is 19.1 Å². The van der Waals surface area contributed by atoms with Crippen LogP contribution >= 0.6 is 0 Å². The molecular weight excluding hydrogens is 442 g/mol. The van der Waals surface area contributed by atoms with Crippen LogP contribution in [0.2, 0.25) is 0 Å². The molecule has 0 aliphatic carbocycles. The van der Waals surface area contributed by atoms with Gasteiger partial charge in [0.15, 0.2) is 5.84 Å². The van der Waals surface area contributed by atoms with Gasteiger partial charge in [0.05, 0.1) is 23.8 Å². The van der Waals surface area contributed by atoms with Gasteiger partial charge in [0.1, 0.15) is 11.6 Å². The third-order valence-electron chi connectivity index (χ3n) is 4.99. The number of hydrogen-bond donors (Lipinski definition) is 3. The maximum Gasteiger partial charge on any atom is 0.255 e. The van der Waals surface area contributed by atoms with Crippen molar-refractivity contribution < 1.29 is 13.6 Å². The molecule has 3 aromatic rings. The fraction of sp³-hybridized carbons (Fsp3) is 0.348. The van der Waals surface area contributed by atoms with Crippen molar-refractivity contribution in [3.05, 3.63) is 66.0 Å². The Morgan fingerprint density at radius 3 is 2.26 bits per heavy atom. The molecule has 0 bridgehead atoms.